The van der Waals surface area contributed by atoms with Gasteiger partial charge >= 0.3 is 0 Å². The first-order chi connectivity index (χ1) is 2.81. The molecular weight excluding hydrogens is 136 g/mol. The zero-order chi connectivity index (χ0) is 4.99. The van der Waals surface area contributed by atoms with Crippen LogP contribution in [0.1, 0.15) is 0 Å². The quantitative estimate of drug-likeness (QED) is 0.310. The molecule has 0 aromatic carbocycles. The number of methoxy groups -OCH3 is 1. The van der Waals surface area contributed by atoms with Gasteiger partial charge in [-0.05, 0) is 23.0 Å². The van der Waals surface area contributed by atoms with Gasteiger partial charge in [0, 0.05) is 0 Å². The van der Waals surface area contributed by atoms with E-state index in [-0.39, 0.29) is 0 Å². The molecule has 0 saturated heterocycles. The van der Waals surface area contributed by atoms with E-state index < -0.39 is 0 Å². The second kappa shape index (κ2) is 3.77. The number of rotatable bonds is 0. The summed E-state index contributed by atoms with van der Waals surface area (Å²) in [7, 11) is 2.65. The molecule has 1 nitrogen and oxygen atoms in total. The minimum absolute atomic E-state index is 0.457. The lowest BCUT2D eigenvalue weighted by molar-refractivity contribution is 0.427. The van der Waals surface area contributed by atoms with Crippen molar-refractivity contribution in [2.75, 3.05) is 7.11 Å². The second-order valence-corrected chi connectivity index (χ2v) is 2.28. The van der Waals surface area contributed by atoms with Crippen LogP contribution in [0.15, 0.2) is 0 Å². The van der Waals surface area contributed by atoms with Crippen LogP contribution < -0.4 is 0 Å². The minimum atomic E-state index is 0.457. The van der Waals surface area contributed by atoms with Crippen LogP contribution in [0, 0.1) is 0 Å². The van der Waals surface area contributed by atoms with Crippen molar-refractivity contribution in [1.29, 1.82) is 0 Å². The second-order valence-electron chi connectivity index (χ2n) is 0.545. The van der Waals surface area contributed by atoms with Crippen molar-refractivity contribution in [3.63, 3.8) is 0 Å². The van der Waals surface area contributed by atoms with Gasteiger partial charge in [0.1, 0.15) is 0 Å². The molecular formula is C2H4OS3. The highest BCUT2D eigenvalue weighted by Crippen LogP contribution is 2.07. The van der Waals surface area contributed by atoms with Gasteiger partial charge in [-0.15, -0.1) is 11.7 Å². The van der Waals surface area contributed by atoms with Crippen LogP contribution in [0.4, 0.5) is 0 Å². The molecule has 0 atom stereocenters. The van der Waals surface area contributed by atoms with Crippen LogP contribution >= 0.6 is 34.7 Å². The van der Waals surface area contributed by atoms with Crippen molar-refractivity contribution < 1.29 is 4.74 Å². The van der Waals surface area contributed by atoms with Gasteiger partial charge in [-0.1, -0.05) is 0 Å². The molecule has 0 radical (unpaired) electrons. The molecule has 0 aromatic heterocycles. The highest BCUT2D eigenvalue weighted by molar-refractivity contribution is 8.76. The number of hydrogen-bond acceptors (Lipinski definition) is 4. The van der Waals surface area contributed by atoms with Gasteiger partial charge in [-0.2, -0.15) is 0 Å². The molecule has 0 amide bonds. The van der Waals surface area contributed by atoms with Crippen molar-refractivity contribution in [2.24, 2.45) is 0 Å². The highest BCUT2D eigenvalue weighted by atomic mass is 33.1. The Balaban J connectivity index is 2.99. The van der Waals surface area contributed by atoms with E-state index in [4.69, 9.17) is 0 Å². The Hall–Kier alpha value is 0.590. The fourth-order valence-electron chi connectivity index (χ4n) is 0.0373. The van der Waals surface area contributed by atoms with E-state index in [2.05, 4.69) is 28.6 Å². The van der Waals surface area contributed by atoms with Gasteiger partial charge in [0.15, 0.2) is 0 Å². The number of thiol groups is 1. The topological polar surface area (TPSA) is 9.23 Å². The first kappa shape index (κ1) is 6.59. The SMILES string of the molecule is COC(=S)SS. The summed E-state index contributed by atoms with van der Waals surface area (Å²) in [4.78, 5) is 0. The lowest BCUT2D eigenvalue weighted by Crippen LogP contribution is -1.83. The summed E-state index contributed by atoms with van der Waals surface area (Å²) in [5.41, 5.74) is 0. The fraction of sp³-hybridized carbons (Fsp3) is 0.500. The van der Waals surface area contributed by atoms with Crippen molar-refractivity contribution in [1.82, 2.24) is 0 Å². The Bertz CT molecular complexity index is 46.8. The highest BCUT2D eigenvalue weighted by Gasteiger charge is 1.83. The molecule has 0 saturated carbocycles. The third kappa shape index (κ3) is 2.81. The molecule has 0 fully saturated rings. The maximum Gasteiger partial charge on any atom is 0.230 e. The Kier molecular flexibility index (Phi) is 4.14. The number of hydrogen-bond donors (Lipinski definition) is 1. The van der Waals surface area contributed by atoms with Crippen LogP contribution in [0.25, 0.3) is 0 Å². The van der Waals surface area contributed by atoms with Crippen molar-refractivity contribution >= 4 is 39.1 Å². The van der Waals surface area contributed by atoms with E-state index in [0.29, 0.717) is 4.38 Å². The van der Waals surface area contributed by atoms with Gasteiger partial charge in [-0.3, -0.25) is 0 Å². The van der Waals surface area contributed by atoms with Gasteiger partial charge in [0.25, 0.3) is 0 Å². The number of ether oxygens (including phenoxy) is 1. The Morgan fingerprint density at radius 2 is 2.50 bits per heavy atom. The van der Waals surface area contributed by atoms with E-state index in [0.717, 1.165) is 10.8 Å². The zero-order valence-corrected chi connectivity index (χ0v) is 5.70. The first-order valence-corrected chi connectivity index (χ1v) is 3.48. The average Bonchev–Trinajstić information content (AvgIpc) is 1.65. The third-order valence-corrected chi connectivity index (χ3v) is 1.84. The summed E-state index contributed by atoms with van der Waals surface area (Å²) < 4.78 is 4.97. The summed E-state index contributed by atoms with van der Waals surface area (Å²) >= 11 is 8.27. The minimum Gasteiger partial charge on any atom is -0.481 e. The molecule has 0 rings (SSSR count). The lowest BCUT2D eigenvalue weighted by atomic mass is 11.5. The molecule has 0 aromatic rings. The van der Waals surface area contributed by atoms with Crippen molar-refractivity contribution in [3.05, 3.63) is 0 Å². The number of thiocarbonyl (C=S) groups is 1. The van der Waals surface area contributed by atoms with E-state index in [1.165, 1.54) is 7.11 Å². The monoisotopic (exact) mass is 140 g/mol. The molecule has 0 heterocycles. The van der Waals surface area contributed by atoms with Crippen LogP contribution in [0.3, 0.4) is 0 Å². The first-order valence-electron chi connectivity index (χ1n) is 1.20. The largest absolute Gasteiger partial charge is 0.481 e. The van der Waals surface area contributed by atoms with Crippen LogP contribution in [-0.4, -0.2) is 11.5 Å². The smallest absolute Gasteiger partial charge is 0.230 e. The third-order valence-electron chi connectivity index (χ3n) is 0.241. The van der Waals surface area contributed by atoms with Crippen LogP contribution in [0.2, 0.25) is 0 Å². The average molecular weight is 140 g/mol. The van der Waals surface area contributed by atoms with E-state index in [1.54, 1.807) is 0 Å². The van der Waals surface area contributed by atoms with E-state index in [1.807, 2.05) is 0 Å². The van der Waals surface area contributed by atoms with Crippen LogP contribution in [0.5, 0.6) is 0 Å². The van der Waals surface area contributed by atoms with E-state index in [9.17, 15) is 0 Å². The lowest BCUT2D eigenvalue weighted by Gasteiger charge is -1.89. The molecule has 0 N–H and O–H groups in total. The molecule has 0 unspecified atom stereocenters. The molecule has 36 valence electrons. The maximum absolute atomic E-state index is 4.52. The van der Waals surface area contributed by atoms with Crippen molar-refractivity contribution in [2.45, 2.75) is 0 Å². The molecule has 4 heteroatoms. The molecule has 6 heavy (non-hydrogen) atoms. The summed E-state index contributed by atoms with van der Waals surface area (Å²) in [6.07, 6.45) is 0. The molecule has 0 aliphatic carbocycles. The maximum atomic E-state index is 4.52. The normalized spacial score (nSPS) is 7.67. The summed E-state index contributed by atoms with van der Waals surface area (Å²) in [6, 6.07) is 0. The van der Waals surface area contributed by atoms with Gasteiger partial charge < -0.3 is 4.74 Å². The molecule has 0 aliphatic heterocycles. The Morgan fingerprint density at radius 1 is 2.00 bits per heavy atom. The Labute approximate surface area is 51.3 Å². The summed E-state index contributed by atoms with van der Waals surface area (Å²) in [5, 5.41) is 0. The predicted octanol–water partition coefficient (Wildman–Crippen LogP) is 1.50. The standard InChI is InChI=1S/C2H4OS3/c1-3-2(4)6-5/h5H,1H3. The molecule has 0 bridgehead atoms. The Morgan fingerprint density at radius 3 is 2.50 bits per heavy atom. The zero-order valence-electron chi connectivity index (χ0n) is 3.17. The predicted molar refractivity (Wildman–Crippen MR) is 36.2 cm³/mol. The molecule has 0 aliphatic rings. The summed E-state index contributed by atoms with van der Waals surface area (Å²) in [5.74, 6) is 0. The van der Waals surface area contributed by atoms with Crippen molar-refractivity contribution in [3.8, 4) is 0 Å². The van der Waals surface area contributed by atoms with Gasteiger partial charge in [-0.25, -0.2) is 0 Å². The van der Waals surface area contributed by atoms with E-state index >= 15 is 0 Å². The fourth-order valence-corrected chi connectivity index (χ4v) is 0.335. The van der Waals surface area contributed by atoms with Crippen LogP contribution in [-0.2, 0) is 4.74 Å². The van der Waals surface area contributed by atoms with Gasteiger partial charge in [0.05, 0.1) is 7.11 Å². The van der Waals surface area contributed by atoms with Gasteiger partial charge in [0.2, 0.25) is 4.38 Å². The summed E-state index contributed by atoms with van der Waals surface area (Å²) in [6.45, 7) is 0. The molecule has 0 spiro atoms.